The second-order valence-electron chi connectivity index (χ2n) is 14.5. The minimum Gasteiger partial charge on any atom is -0.479 e. The van der Waals surface area contributed by atoms with Gasteiger partial charge in [-0.2, -0.15) is 25.4 Å². The molecule has 0 bridgehead atoms. The monoisotopic (exact) mass is 954 g/mol. The number of hydrogen-bond donors (Lipinski definition) is 3. The Kier molecular flexibility index (Phi) is 17.2. The largest absolute Gasteiger partial charge is 0.479 e. The lowest BCUT2D eigenvalue weighted by molar-refractivity contribution is -0.146. The quantitative estimate of drug-likeness (QED) is 0.0368. The maximum absolute atomic E-state index is 15.1. The SMILES string of the molecule is CCCCOC(=O)[C@H](C)NP(=O)(OC[C@H]1O[C@@H](n2cnc3c(OC)nc(N)nc32)[C@](C)(C#N)C1OP(=O)(N[C@@H](C)C(=O)OCCCC)Oc1ccc(Cl)cc1)Oc1ccc(Cl)cc1. The summed E-state index contributed by atoms with van der Waals surface area (Å²) in [6.07, 6.45) is -0.470. The fourth-order valence-corrected chi connectivity index (χ4v) is 9.67. The van der Waals surface area contributed by atoms with Crippen LogP contribution in [0, 0.1) is 16.7 Å². The lowest BCUT2D eigenvalue weighted by atomic mass is 9.84. The molecule has 0 spiro atoms. The molecule has 4 N–H and O–H groups in total. The standard InChI is InChI=1S/C39H50Cl2N8O12P2/c1-7-9-19-55-35(50)24(3)47-62(52,59-28-15-11-26(40)12-16-28)57-21-30-32(39(5,22-42)37(58-30)49-23-44-31-33(49)45-38(43)46-34(31)54-6)61-63(53,60-29-17-13-27(41)14-18-29)48-25(4)36(51)56-20-10-8-2/h11-18,23-25,30,32,37H,7-10,19-21H2,1-6H3,(H,47,52)(H,48,53)(H2,43,45,46)/t24-,25-,30+,32?,37+,39+,62?,63?/m0/s1. The maximum Gasteiger partial charge on any atom is 0.459 e. The average molecular weight is 956 g/mol. The molecular weight excluding hydrogens is 905 g/mol. The predicted octanol–water partition coefficient (Wildman–Crippen LogP) is 7.57. The molecule has 5 rings (SSSR count). The number of fused-ring (bicyclic) bond motifs is 1. The highest BCUT2D eigenvalue weighted by Crippen LogP contribution is 2.56. The van der Waals surface area contributed by atoms with Gasteiger partial charge in [0.2, 0.25) is 11.8 Å². The van der Waals surface area contributed by atoms with Crippen molar-refractivity contribution in [3.63, 3.8) is 0 Å². The molecule has 1 aliphatic rings. The van der Waals surface area contributed by atoms with E-state index in [9.17, 15) is 19.4 Å². The number of halogens is 2. The van der Waals surface area contributed by atoms with Crippen LogP contribution >= 0.6 is 38.7 Å². The number of imidazole rings is 1. The number of nitrogens with two attached hydrogens (primary N) is 1. The van der Waals surface area contributed by atoms with Gasteiger partial charge in [0.1, 0.15) is 41.2 Å². The van der Waals surface area contributed by atoms with Crippen molar-refractivity contribution in [2.75, 3.05) is 32.7 Å². The second-order valence-corrected chi connectivity index (χ2v) is 18.7. The van der Waals surface area contributed by atoms with Crippen LogP contribution < -0.4 is 29.7 Å². The number of nitrogens with zero attached hydrogens (tertiary/aromatic N) is 5. The zero-order valence-electron chi connectivity index (χ0n) is 35.4. The Hall–Kier alpha value is -4.54. The van der Waals surface area contributed by atoms with Crippen LogP contribution in [-0.4, -0.2) is 82.7 Å². The summed E-state index contributed by atoms with van der Waals surface area (Å²) in [6, 6.07) is 11.4. The van der Waals surface area contributed by atoms with Crippen molar-refractivity contribution in [2.24, 2.45) is 5.41 Å². The molecule has 63 heavy (non-hydrogen) atoms. The second kappa shape index (κ2) is 21.9. The molecule has 1 aliphatic heterocycles. The number of nitrogens with one attached hydrogen (secondary N) is 2. The molecule has 0 saturated carbocycles. The average Bonchev–Trinajstić information content (AvgIpc) is 3.78. The summed E-state index contributed by atoms with van der Waals surface area (Å²) < 4.78 is 78.1. The number of nitriles is 1. The van der Waals surface area contributed by atoms with E-state index in [1.807, 2.05) is 13.8 Å². The van der Waals surface area contributed by atoms with Crippen molar-refractivity contribution in [3.8, 4) is 23.4 Å². The molecule has 2 aromatic carbocycles. The highest BCUT2D eigenvalue weighted by atomic mass is 35.5. The molecule has 4 aromatic rings. The summed E-state index contributed by atoms with van der Waals surface area (Å²) in [5.41, 5.74) is 4.40. The van der Waals surface area contributed by atoms with Crippen molar-refractivity contribution in [1.29, 1.82) is 5.26 Å². The number of anilines is 1. The third kappa shape index (κ3) is 12.6. The third-order valence-electron chi connectivity index (χ3n) is 9.47. The van der Waals surface area contributed by atoms with Crippen molar-refractivity contribution < 1.29 is 55.8 Å². The van der Waals surface area contributed by atoms with Crippen LogP contribution in [0.5, 0.6) is 17.4 Å². The first-order chi connectivity index (χ1) is 30.0. The van der Waals surface area contributed by atoms with Gasteiger partial charge in [-0.25, -0.2) is 14.1 Å². The molecule has 342 valence electrons. The molecule has 2 aromatic heterocycles. The Morgan fingerprint density at radius 2 is 1.44 bits per heavy atom. The van der Waals surface area contributed by atoms with Gasteiger partial charge < -0.3 is 33.7 Å². The molecule has 0 radical (unpaired) electrons. The van der Waals surface area contributed by atoms with Crippen molar-refractivity contribution in [2.45, 2.75) is 90.8 Å². The molecule has 1 fully saturated rings. The van der Waals surface area contributed by atoms with E-state index >= 15 is 4.57 Å². The van der Waals surface area contributed by atoms with Crippen molar-refractivity contribution in [1.82, 2.24) is 29.7 Å². The van der Waals surface area contributed by atoms with Gasteiger partial charge in [0.25, 0.3) is 0 Å². The zero-order chi connectivity index (χ0) is 46.0. The van der Waals surface area contributed by atoms with Gasteiger partial charge in [0.15, 0.2) is 17.4 Å². The van der Waals surface area contributed by atoms with E-state index in [1.165, 1.54) is 87.3 Å². The highest BCUT2D eigenvalue weighted by molar-refractivity contribution is 7.52. The number of hydrogen-bond acceptors (Lipinski definition) is 17. The minimum absolute atomic E-state index is 0.00783. The molecule has 24 heteroatoms. The van der Waals surface area contributed by atoms with Gasteiger partial charge >= 0.3 is 27.4 Å². The molecule has 0 aliphatic carbocycles. The first-order valence-corrected chi connectivity index (χ1v) is 23.7. The Morgan fingerprint density at radius 1 is 0.921 bits per heavy atom. The van der Waals surface area contributed by atoms with Gasteiger partial charge in [-0.3, -0.25) is 23.2 Å². The van der Waals surface area contributed by atoms with Crippen molar-refractivity contribution in [3.05, 3.63) is 64.9 Å². The summed E-state index contributed by atoms with van der Waals surface area (Å²) in [5, 5.41) is 17.0. The van der Waals surface area contributed by atoms with E-state index < -0.39 is 70.0 Å². The van der Waals surface area contributed by atoms with Crippen LogP contribution in [0.3, 0.4) is 0 Å². The van der Waals surface area contributed by atoms with E-state index in [-0.39, 0.29) is 47.7 Å². The fourth-order valence-electron chi connectivity index (χ4n) is 6.12. The third-order valence-corrected chi connectivity index (χ3v) is 13.3. The van der Waals surface area contributed by atoms with Crippen LogP contribution in [0.2, 0.25) is 10.0 Å². The first-order valence-electron chi connectivity index (χ1n) is 19.9. The van der Waals surface area contributed by atoms with E-state index in [1.54, 1.807) is 0 Å². The zero-order valence-corrected chi connectivity index (χ0v) is 38.7. The first kappa shape index (κ1) is 49.5. The number of nitrogen functional groups attached to an aromatic ring is 1. The summed E-state index contributed by atoms with van der Waals surface area (Å²) >= 11 is 12.2. The van der Waals surface area contributed by atoms with E-state index in [4.69, 9.17) is 66.0 Å². The van der Waals surface area contributed by atoms with Gasteiger partial charge in [-0.05, 0) is 82.1 Å². The maximum atomic E-state index is 15.1. The Bertz CT molecular complexity index is 2340. The number of carbonyl (C=O) groups is 2. The Labute approximate surface area is 374 Å². The highest BCUT2D eigenvalue weighted by Gasteiger charge is 2.60. The minimum atomic E-state index is -4.79. The van der Waals surface area contributed by atoms with E-state index in [0.717, 1.165) is 12.8 Å². The summed E-state index contributed by atoms with van der Waals surface area (Å²) in [7, 11) is -8.04. The van der Waals surface area contributed by atoms with Gasteiger partial charge in [0, 0.05) is 10.0 Å². The van der Waals surface area contributed by atoms with Gasteiger partial charge in [0.05, 0.1) is 39.3 Å². The molecule has 8 atom stereocenters. The number of benzene rings is 2. The number of unbranched alkanes of at least 4 members (excludes halogenated alkanes) is 2. The van der Waals surface area contributed by atoms with Crippen LogP contribution in [-0.2, 0) is 42.0 Å². The van der Waals surface area contributed by atoms with Crippen LogP contribution in [0.1, 0.15) is 66.5 Å². The van der Waals surface area contributed by atoms with E-state index in [2.05, 4.69) is 31.2 Å². The number of ether oxygens (including phenoxy) is 4. The van der Waals surface area contributed by atoms with Gasteiger partial charge in [-0.1, -0.05) is 49.9 Å². The van der Waals surface area contributed by atoms with Crippen LogP contribution in [0.4, 0.5) is 5.95 Å². The Balaban J connectivity index is 1.58. The number of rotatable bonds is 23. The smallest absolute Gasteiger partial charge is 0.459 e. The number of carbonyl (C=O) groups excluding carboxylic acids is 2. The van der Waals surface area contributed by atoms with E-state index in [0.29, 0.717) is 22.9 Å². The summed E-state index contributed by atoms with van der Waals surface area (Å²) in [5.74, 6) is -1.61. The topological polar surface area (TPSA) is 260 Å². The molecule has 0 amide bonds. The van der Waals surface area contributed by atoms with Crippen molar-refractivity contribution >= 4 is 67.7 Å². The number of methoxy groups -OCH3 is 1. The lowest BCUT2D eigenvalue weighted by Gasteiger charge is -2.32. The number of esters is 2. The normalized spacial score (nSPS) is 21.3. The number of aromatic nitrogens is 4. The van der Waals surface area contributed by atoms with Crippen LogP contribution in [0.25, 0.3) is 11.2 Å². The summed E-state index contributed by atoms with van der Waals surface area (Å²) in [4.78, 5) is 38.9. The lowest BCUT2D eigenvalue weighted by Crippen LogP contribution is -2.43. The fraction of sp³-hybridized carbons (Fsp3) is 0.487. The molecule has 20 nitrogen and oxygen atoms in total. The van der Waals surface area contributed by atoms with Crippen LogP contribution in [0.15, 0.2) is 54.9 Å². The molecular formula is C39H50Cl2N8O12P2. The summed E-state index contributed by atoms with van der Waals surface area (Å²) in [6.45, 7) is 7.62. The molecule has 3 heterocycles. The molecule has 3 unspecified atom stereocenters. The molecule has 1 saturated heterocycles. The Morgan fingerprint density at radius 3 is 1.95 bits per heavy atom. The van der Waals surface area contributed by atoms with Gasteiger partial charge in [-0.15, -0.1) is 0 Å². The predicted molar refractivity (Wildman–Crippen MR) is 231 cm³/mol.